The van der Waals surface area contributed by atoms with Gasteiger partial charge in [-0.2, -0.15) is 0 Å². The Bertz CT molecular complexity index is 1140. The first-order valence-corrected chi connectivity index (χ1v) is 11.5. The second-order valence-electron chi connectivity index (χ2n) is 7.54. The normalized spacial score (nSPS) is 12.4. The summed E-state index contributed by atoms with van der Waals surface area (Å²) in [5.41, 5.74) is 2.63. The standard InChI is InChI=1S/C24H27NO6S/c1-16-12-18(13-17(2)24(16)31-22-6-4-20(27)5-7-22)14-19(15-26)25-32(28,29)23-10-8-21(30-3)9-11-23/h4-13,19,25-27H,14-15H2,1-3H3. The molecule has 0 aromatic heterocycles. The van der Waals surface area contributed by atoms with Crippen LogP contribution in [-0.4, -0.2) is 38.4 Å². The molecular formula is C24H27NO6S. The fraction of sp³-hybridized carbons (Fsp3) is 0.250. The molecule has 3 rings (SSSR count). The number of aryl methyl sites for hydroxylation is 2. The third-order valence-corrected chi connectivity index (χ3v) is 6.51. The zero-order valence-electron chi connectivity index (χ0n) is 18.2. The third-order valence-electron chi connectivity index (χ3n) is 4.97. The lowest BCUT2D eigenvalue weighted by Gasteiger charge is -2.19. The predicted octanol–water partition coefficient (Wildman–Crippen LogP) is 3.69. The Labute approximate surface area is 188 Å². The van der Waals surface area contributed by atoms with E-state index in [0.717, 1.165) is 16.7 Å². The van der Waals surface area contributed by atoms with Gasteiger partial charge in [0.15, 0.2) is 0 Å². The van der Waals surface area contributed by atoms with Gasteiger partial charge in [0.05, 0.1) is 18.6 Å². The Morgan fingerprint density at radius 3 is 2.03 bits per heavy atom. The SMILES string of the molecule is COc1ccc(S(=O)(=O)NC(CO)Cc2cc(C)c(Oc3ccc(O)cc3)c(C)c2)cc1. The van der Waals surface area contributed by atoms with Crippen LogP contribution in [0, 0.1) is 13.8 Å². The molecule has 3 N–H and O–H groups in total. The molecule has 0 amide bonds. The maximum absolute atomic E-state index is 12.7. The van der Waals surface area contributed by atoms with Gasteiger partial charge in [-0.15, -0.1) is 0 Å². The van der Waals surface area contributed by atoms with Crippen LogP contribution in [-0.2, 0) is 16.4 Å². The van der Waals surface area contributed by atoms with Crippen molar-refractivity contribution in [2.45, 2.75) is 31.2 Å². The molecular weight excluding hydrogens is 430 g/mol. The van der Waals surface area contributed by atoms with Gasteiger partial charge >= 0.3 is 0 Å². The van der Waals surface area contributed by atoms with Crippen LogP contribution in [0.4, 0.5) is 0 Å². The summed E-state index contributed by atoms with van der Waals surface area (Å²) in [6.45, 7) is 3.46. The van der Waals surface area contributed by atoms with E-state index >= 15 is 0 Å². The number of sulfonamides is 1. The van der Waals surface area contributed by atoms with E-state index in [1.807, 2.05) is 26.0 Å². The number of aliphatic hydroxyl groups excluding tert-OH is 1. The number of phenols is 1. The highest BCUT2D eigenvalue weighted by Crippen LogP contribution is 2.31. The van der Waals surface area contributed by atoms with Crippen LogP contribution in [0.3, 0.4) is 0 Å². The molecule has 7 nitrogen and oxygen atoms in total. The van der Waals surface area contributed by atoms with Crippen molar-refractivity contribution in [3.63, 3.8) is 0 Å². The van der Waals surface area contributed by atoms with Crippen LogP contribution < -0.4 is 14.2 Å². The van der Waals surface area contributed by atoms with Crippen molar-refractivity contribution in [2.75, 3.05) is 13.7 Å². The second-order valence-corrected chi connectivity index (χ2v) is 9.25. The number of hydrogen-bond donors (Lipinski definition) is 3. The van der Waals surface area contributed by atoms with Gasteiger partial charge in [-0.1, -0.05) is 12.1 Å². The topological polar surface area (TPSA) is 105 Å². The van der Waals surface area contributed by atoms with Crippen LogP contribution in [0.25, 0.3) is 0 Å². The molecule has 170 valence electrons. The molecule has 0 saturated heterocycles. The highest BCUT2D eigenvalue weighted by molar-refractivity contribution is 7.89. The van der Waals surface area contributed by atoms with E-state index in [-0.39, 0.29) is 17.3 Å². The summed E-state index contributed by atoms with van der Waals surface area (Å²) in [5, 5.41) is 19.2. The van der Waals surface area contributed by atoms with Crippen molar-refractivity contribution >= 4 is 10.0 Å². The molecule has 32 heavy (non-hydrogen) atoms. The average molecular weight is 458 g/mol. The van der Waals surface area contributed by atoms with E-state index in [2.05, 4.69) is 4.72 Å². The number of rotatable bonds is 9. The molecule has 0 fully saturated rings. The number of aromatic hydroxyl groups is 1. The van der Waals surface area contributed by atoms with Crippen molar-refractivity contribution < 1.29 is 28.1 Å². The minimum Gasteiger partial charge on any atom is -0.508 e. The highest BCUT2D eigenvalue weighted by Gasteiger charge is 2.21. The van der Waals surface area contributed by atoms with Gasteiger partial charge < -0.3 is 19.7 Å². The fourth-order valence-corrected chi connectivity index (χ4v) is 4.65. The Balaban J connectivity index is 1.74. The summed E-state index contributed by atoms with van der Waals surface area (Å²) in [6.07, 6.45) is 0.313. The fourth-order valence-electron chi connectivity index (χ4n) is 3.42. The zero-order valence-corrected chi connectivity index (χ0v) is 19.0. The predicted molar refractivity (Wildman–Crippen MR) is 122 cm³/mol. The summed E-state index contributed by atoms with van der Waals surface area (Å²) in [4.78, 5) is 0.0988. The van der Waals surface area contributed by atoms with Crippen molar-refractivity contribution in [3.05, 3.63) is 77.4 Å². The number of phenolic OH excluding ortho intramolecular Hbond substituents is 1. The van der Waals surface area contributed by atoms with Crippen LogP contribution in [0.15, 0.2) is 65.6 Å². The number of methoxy groups -OCH3 is 1. The lowest BCUT2D eigenvalue weighted by molar-refractivity contribution is 0.256. The molecule has 0 aliphatic rings. The lowest BCUT2D eigenvalue weighted by atomic mass is 10.0. The van der Waals surface area contributed by atoms with E-state index in [1.165, 1.54) is 19.2 Å². The molecule has 0 aliphatic heterocycles. The summed E-state index contributed by atoms with van der Waals surface area (Å²) < 4.78 is 39.0. The summed E-state index contributed by atoms with van der Waals surface area (Å²) in [7, 11) is -2.29. The van der Waals surface area contributed by atoms with Gasteiger partial charge in [0.2, 0.25) is 10.0 Å². The first-order chi connectivity index (χ1) is 15.2. The maximum atomic E-state index is 12.7. The number of ether oxygens (including phenoxy) is 2. The van der Waals surface area contributed by atoms with Gasteiger partial charge in [0.1, 0.15) is 23.0 Å². The number of hydrogen-bond acceptors (Lipinski definition) is 6. The lowest BCUT2D eigenvalue weighted by Crippen LogP contribution is -2.39. The first-order valence-electron chi connectivity index (χ1n) is 10.1. The van der Waals surface area contributed by atoms with Crippen LogP contribution in [0.5, 0.6) is 23.0 Å². The monoisotopic (exact) mass is 457 g/mol. The molecule has 3 aromatic carbocycles. The van der Waals surface area contributed by atoms with Crippen LogP contribution in [0.1, 0.15) is 16.7 Å². The zero-order chi connectivity index (χ0) is 23.3. The molecule has 0 spiro atoms. The van der Waals surface area contributed by atoms with Gasteiger partial charge in [0.25, 0.3) is 0 Å². The van der Waals surface area contributed by atoms with Crippen molar-refractivity contribution in [1.29, 1.82) is 0 Å². The minimum absolute atomic E-state index is 0.0988. The van der Waals surface area contributed by atoms with Crippen molar-refractivity contribution in [1.82, 2.24) is 4.72 Å². The maximum Gasteiger partial charge on any atom is 0.240 e. The van der Waals surface area contributed by atoms with Crippen molar-refractivity contribution in [2.24, 2.45) is 0 Å². The van der Waals surface area contributed by atoms with E-state index < -0.39 is 16.1 Å². The van der Waals surface area contributed by atoms with Crippen LogP contribution in [0.2, 0.25) is 0 Å². The molecule has 0 saturated carbocycles. The van der Waals surface area contributed by atoms with E-state index in [9.17, 15) is 18.6 Å². The Kier molecular flexibility index (Phi) is 7.40. The van der Waals surface area contributed by atoms with Crippen molar-refractivity contribution in [3.8, 4) is 23.0 Å². The average Bonchev–Trinajstić information content (AvgIpc) is 2.77. The Morgan fingerprint density at radius 1 is 0.938 bits per heavy atom. The van der Waals surface area contributed by atoms with Gasteiger partial charge in [-0.05, 0) is 85.5 Å². The largest absolute Gasteiger partial charge is 0.508 e. The summed E-state index contributed by atoms with van der Waals surface area (Å²) in [5.74, 6) is 2.01. The summed E-state index contributed by atoms with van der Waals surface area (Å²) in [6, 6.07) is 15.6. The molecule has 8 heteroatoms. The molecule has 1 atom stereocenters. The van der Waals surface area contributed by atoms with E-state index in [4.69, 9.17) is 9.47 Å². The minimum atomic E-state index is -3.80. The van der Waals surface area contributed by atoms with E-state index in [1.54, 1.807) is 36.4 Å². The van der Waals surface area contributed by atoms with E-state index in [0.29, 0.717) is 23.7 Å². The Hall–Kier alpha value is -3.07. The van der Waals surface area contributed by atoms with Gasteiger partial charge in [-0.25, -0.2) is 13.1 Å². The molecule has 3 aromatic rings. The highest BCUT2D eigenvalue weighted by atomic mass is 32.2. The van der Waals surface area contributed by atoms with Crippen LogP contribution >= 0.6 is 0 Å². The number of benzene rings is 3. The number of nitrogens with one attached hydrogen (secondary N) is 1. The second kappa shape index (κ2) is 10.0. The summed E-state index contributed by atoms with van der Waals surface area (Å²) >= 11 is 0. The smallest absolute Gasteiger partial charge is 0.240 e. The van der Waals surface area contributed by atoms with Gasteiger partial charge in [0, 0.05) is 6.04 Å². The first kappa shape index (κ1) is 23.6. The Morgan fingerprint density at radius 2 is 1.50 bits per heavy atom. The quantitative estimate of drug-likeness (QED) is 0.453. The molecule has 1 unspecified atom stereocenters. The number of aliphatic hydroxyl groups is 1. The molecule has 0 bridgehead atoms. The van der Waals surface area contributed by atoms with Gasteiger partial charge in [-0.3, -0.25) is 0 Å². The molecule has 0 radical (unpaired) electrons. The molecule has 0 heterocycles. The third kappa shape index (κ3) is 5.79. The molecule has 0 aliphatic carbocycles.